The lowest BCUT2D eigenvalue weighted by Crippen LogP contribution is -2.37. The van der Waals surface area contributed by atoms with Crippen LogP contribution < -0.4 is 0 Å². The van der Waals surface area contributed by atoms with Gasteiger partial charge >= 0.3 is 0 Å². The maximum Gasteiger partial charge on any atom is 0.223 e. The number of unbranched alkanes of at least 4 members (excludes halogenated alkanes) is 1. The average Bonchev–Trinajstić information content (AvgIpc) is 2.96. The van der Waals surface area contributed by atoms with Gasteiger partial charge in [-0.05, 0) is 30.2 Å². The number of ether oxygens (including phenoxy) is 1. The van der Waals surface area contributed by atoms with Crippen LogP contribution in [0.1, 0.15) is 37.4 Å². The van der Waals surface area contributed by atoms with Gasteiger partial charge in [0.15, 0.2) is 0 Å². The predicted molar refractivity (Wildman–Crippen MR) is 92.2 cm³/mol. The standard InChI is InChI=1S/C19H25N3O2/c1-2-3-8-19(23)22-12-17-7-5-10-21(17)13-18(14-22)24-15-16-6-4-9-20-11-16/h4-7,9-11,18H,2-3,8,12-15H2,1H3/t18-/m1/s1. The van der Waals surface area contributed by atoms with Crippen molar-refractivity contribution in [2.45, 2.75) is 52.0 Å². The summed E-state index contributed by atoms with van der Waals surface area (Å²) < 4.78 is 8.30. The molecule has 3 heterocycles. The molecule has 0 saturated carbocycles. The molecule has 5 nitrogen and oxygen atoms in total. The van der Waals surface area contributed by atoms with Crippen molar-refractivity contribution in [1.29, 1.82) is 0 Å². The van der Waals surface area contributed by atoms with Gasteiger partial charge in [-0.25, -0.2) is 0 Å². The van der Waals surface area contributed by atoms with Gasteiger partial charge in [0.1, 0.15) is 0 Å². The zero-order valence-electron chi connectivity index (χ0n) is 14.2. The van der Waals surface area contributed by atoms with Gasteiger partial charge in [0, 0.05) is 37.3 Å². The van der Waals surface area contributed by atoms with E-state index in [1.807, 2.05) is 29.3 Å². The first-order valence-corrected chi connectivity index (χ1v) is 8.68. The number of pyridine rings is 1. The van der Waals surface area contributed by atoms with Crippen molar-refractivity contribution < 1.29 is 9.53 Å². The van der Waals surface area contributed by atoms with Crippen molar-refractivity contribution in [2.75, 3.05) is 6.54 Å². The fourth-order valence-electron chi connectivity index (χ4n) is 3.03. The number of amides is 1. The highest BCUT2D eigenvalue weighted by Crippen LogP contribution is 2.17. The number of carbonyl (C=O) groups excluding carboxylic acids is 1. The predicted octanol–water partition coefficient (Wildman–Crippen LogP) is 3.00. The first-order valence-electron chi connectivity index (χ1n) is 8.68. The molecule has 3 rings (SSSR count). The third-order valence-corrected chi connectivity index (χ3v) is 4.41. The van der Waals surface area contributed by atoms with Crippen LogP contribution in [-0.2, 0) is 29.2 Å². The zero-order chi connectivity index (χ0) is 16.8. The lowest BCUT2D eigenvalue weighted by atomic mass is 10.2. The van der Waals surface area contributed by atoms with Crippen LogP contribution in [0.25, 0.3) is 0 Å². The van der Waals surface area contributed by atoms with Gasteiger partial charge in [0.25, 0.3) is 0 Å². The first kappa shape index (κ1) is 16.7. The lowest BCUT2D eigenvalue weighted by Gasteiger charge is -2.24. The summed E-state index contributed by atoms with van der Waals surface area (Å²) in [6.45, 7) is 4.72. The normalized spacial score (nSPS) is 17.4. The van der Waals surface area contributed by atoms with Crippen molar-refractivity contribution >= 4 is 5.91 Å². The molecule has 0 radical (unpaired) electrons. The summed E-state index contributed by atoms with van der Waals surface area (Å²) >= 11 is 0. The van der Waals surface area contributed by atoms with Crippen LogP contribution in [0.15, 0.2) is 42.9 Å². The summed E-state index contributed by atoms with van der Waals surface area (Å²) in [7, 11) is 0. The van der Waals surface area contributed by atoms with Crippen LogP contribution >= 0.6 is 0 Å². The molecule has 1 amide bonds. The van der Waals surface area contributed by atoms with E-state index in [1.54, 1.807) is 6.20 Å². The highest BCUT2D eigenvalue weighted by molar-refractivity contribution is 5.76. The Hall–Kier alpha value is -2.14. The maximum absolute atomic E-state index is 12.5. The van der Waals surface area contributed by atoms with E-state index >= 15 is 0 Å². The summed E-state index contributed by atoms with van der Waals surface area (Å²) in [4.78, 5) is 18.6. The molecule has 0 bridgehead atoms. The Labute approximate surface area is 143 Å². The maximum atomic E-state index is 12.5. The second-order valence-electron chi connectivity index (χ2n) is 6.32. The van der Waals surface area contributed by atoms with Crippen molar-refractivity contribution in [1.82, 2.24) is 14.5 Å². The van der Waals surface area contributed by atoms with E-state index in [-0.39, 0.29) is 12.0 Å². The van der Waals surface area contributed by atoms with Gasteiger partial charge in [-0.15, -0.1) is 0 Å². The quantitative estimate of drug-likeness (QED) is 0.819. The topological polar surface area (TPSA) is 47.4 Å². The third kappa shape index (κ3) is 4.23. The molecule has 128 valence electrons. The Kier molecular flexibility index (Phi) is 5.64. The van der Waals surface area contributed by atoms with E-state index in [2.05, 4.69) is 28.7 Å². The van der Waals surface area contributed by atoms with Crippen LogP contribution in [0.5, 0.6) is 0 Å². The number of carbonyl (C=O) groups is 1. The number of hydrogen-bond acceptors (Lipinski definition) is 3. The lowest BCUT2D eigenvalue weighted by molar-refractivity contribution is -0.134. The van der Waals surface area contributed by atoms with Crippen molar-refractivity contribution in [3.63, 3.8) is 0 Å². The molecule has 0 N–H and O–H groups in total. The molecular weight excluding hydrogens is 302 g/mol. The molecule has 0 unspecified atom stereocenters. The SMILES string of the molecule is CCCCC(=O)N1Cc2cccn2C[C@@H](OCc2cccnc2)C1. The average molecular weight is 327 g/mol. The van der Waals surface area contributed by atoms with Gasteiger partial charge in [-0.3, -0.25) is 9.78 Å². The molecule has 0 spiro atoms. The molecule has 2 aromatic rings. The fraction of sp³-hybridized carbons (Fsp3) is 0.474. The van der Waals surface area contributed by atoms with Gasteiger partial charge in [-0.2, -0.15) is 0 Å². The number of rotatable bonds is 6. The van der Waals surface area contributed by atoms with Gasteiger partial charge in [0.05, 0.1) is 25.8 Å². The summed E-state index contributed by atoms with van der Waals surface area (Å²) in [6, 6.07) is 8.04. The van der Waals surface area contributed by atoms with Crippen LogP contribution in [0.3, 0.4) is 0 Å². The van der Waals surface area contributed by atoms with Crippen molar-refractivity contribution in [2.24, 2.45) is 0 Å². The molecule has 0 aliphatic carbocycles. The Morgan fingerprint density at radius 2 is 2.25 bits per heavy atom. The zero-order valence-corrected chi connectivity index (χ0v) is 14.2. The monoisotopic (exact) mass is 327 g/mol. The molecule has 1 aliphatic heterocycles. The van der Waals surface area contributed by atoms with Gasteiger partial charge in [-0.1, -0.05) is 19.4 Å². The molecule has 0 saturated heterocycles. The smallest absolute Gasteiger partial charge is 0.223 e. The number of fused-ring (bicyclic) bond motifs is 1. The number of hydrogen-bond donors (Lipinski definition) is 0. The molecule has 1 atom stereocenters. The molecule has 0 fully saturated rings. The minimum Gasteiger partial charge on any atom is -0.370 e. The molecule has 0 aromatic carbocycles. The van der Waals surface area contributed by atoms with Gasteiger partial charge < -0.3 is 14.2 Å². The highest BCUT2D eigenvalue weighted by Gasteiger charge is 2.25. The fourth-order valence-corrected chi connectivity index (χ4v) is 3.03. The first-order chi connectivity index (χ1) is 11.8. The highest BCUT2D eigenvalue weighted by atomic mass is 16.5. The van der Waals surface area contributed by atoms with Crippen LogP contribution in [0.4, 0.5) is 0 Å². The van der Waals surface area contributed by atoms with Gasteiger partial charge in [0.2, 0.25) is 5.91 Å². The Bertz CT molecular complexity index is 654. The number of nitrogens with zero attached hydrogens (tertiary/aromatic N) is 3. The van der Waals surface area contributed by atoms with E-state index in [9.17, 15) is 4.79 Å². The van der Waals surface area contributed by atoms with Crippen molar-refractivity contribution in [3.05, 3.63) is 54.1 Å². The summed E-state index contributed by atoms with van der Waals surface area (Å²) in [5.41, 5.74) is 2.23. The summed E-state index contributed by atoms with van der Waals surface area (Å²) in [6.07, 6.45) is 8.23. The van der Waals surface area contributed by atoms with E-state index in [4.69, 9.17) is 4.74 Å². The van der Waals surface area contributed by atoms with Crippen LogP contribution in [-0.4, -0.2) is 33.0 Å². The molecule has 24 heavy (non-hydrogen) atoms. The second-order valence-corrected chi connectivity index (χ2v) is 6.32. The third-order valence-electron chi connectivity index (χ3n) is 4.41. The van der Waals surface area contributed by atoms with E-state index < -0.39 is 0 Å². The second kappa shape index (κ2) is 8.11. The number of aromatic nitrogens is 2. The largest absolute Gasteiger partial charge is 0.370 e. The van der Waals surface area contributed by atoms with Crippen molar-refractivity contribution in [3.8, 4) is 0 Å². The minimum atomic E-state index is -0.00978. The Morgan fingerprint density at radius 3 is 3.04 bits per heavy atom. The Balaban J connectivity index is 1.68. The van der Waals surface area contributed by atoms with E-state index in [0.717, 1.165) is 24.9 Å². The Morgan fingerprint density at radius 1 is 1.33 bits per heavy atom. The molecule has 2 aromatic heterocycles. The molecule has 5 heteroatoms. The molecule has 1 aliphatic rings. The van der Waals surface area contributed by atoms with E-state index in [1.165, 1.54) is 5.69 Å². The van der Waals surface area contributed by atoms with Crippen LogP contribution in [0, 0.1) is 0 Å². The minimum absolute atomic E-state index is 0.00978. The van der Waals surface area contributed by atoms with Crippen LogP contribution in [0.2, 0.25) is 0 Å². The summed E-state index contributed by atoms with van der Waals surface area (Å²) in [5.74, 6) is 0.224. The molecular formula is C19H25N3O2. The van der Waals surface area contributed by atoms with E-state index in [0.29, 0.717) is 26.1 Å². The summed E-state index contributed by atoms with van der Waals surface area (Å²) in [5, 5.41) is 0.